The molecule has 9 nitrogen and oxygen atoms in total. The van der Waals surface area contributed by atoms with Gasteiger partial charge in [-0.2, -0.15) is 0 Å². The van der Waals surface area contributed by atoms with E-state index in [9.17, 15) is 35.7 Å². The summed E-state index contributed by atoms with van der Waals surface area (Å²) in [7, 11) is 0. The lowest BCUT2D eigenvalue weighted by Gasteiger charge is -2.45. The first kappa shape index (κ1) is 7.48. The molecule has 2 heterocycles. The molecule has 0 amide bonds. The van der Waals surface area contributed by atoms with Crippen LogP contribution in [0.3, 0.4) is 0 Å². The maximum atomic E-state index is 10.6. The zero-order valence-corrected chi connectivity index (χ0v) is 11.7. The molecule has 0 aromatic carbocycles. The van der Waals surface area contributed by atoms with Gasteiger partial charge >= 0.3 is 0 Å². The molecule has 10 atom stereocenters. The van der Waals surface area contributed by atoms with Crippen LogP contribution in [0.4, 0.5) is 0 Å². The normalized spacial score (nSPS) is 93.7. The molecule has 7 N–H and O–H groups in total. The van der Waals surface area contributed by atoms with Crippen molar-refractivity contribution in [1.29, 1.82) is 0 Å². The van der Waals surface area contributed by atoms with E-state index in [2.05, 4.69) is 9.47 Å². The van der Waals surface area contributed by atoms with Gasteiger partial charge in [-0.3, -0.25) is 0 Å². The summed E-state index contributed by atoms with van der Waals surface area (Å²) in [4.78, 5) is 0. The fraction of sp³-hybridized carbons (Fsp3) is 1.00. The third-order valence-corrected chi connectivity index (χ3v) is 2.96. The summed E-state index contributed by atoms with van der Waals surface area (Å²) in [5.41, 5.74) is 0. The van der Waals surface area contributed by atoms with Crippen molar-refractivity contribution < 1.29 is 64.4 Å². The molecule has 0 radical (unpaired) electrons. The van der Waals surface area contributed by atoms with Crippen molar-refractivity contribution in [3.05, 3.63) is 0 Å². The number of aliphatic hydroxyl groups is 7. The van der Waals surface area contributed by atoms with Crippen molar-refractivity contribution in [2.45, 2.75) is 80.5 Å². The fourth-order valence-electron chi connectivity index (χ4n) is 1.77. The molecular formula is C14H26O9. The first-order chi connectivity index (χ1) is 15.6. The van der Waals surface area contributed by atoms with Gasteiger partial charge in [-0.05, 0) is 6.37 Å². The second kappa shape index (κ2) is 7.68. The van der Waals surface area contributed by atoms with Gasteiger partial charge in [-0.1, -0.05) is 6.92 Å². The number of rotatable bonds is 4. The van der Waals surface area contributed by atoms with E-state index in [1.54, 1.807) is 0 Å². The van der Waals surface area contributed by atoms with Gasteiger partial charge in [0.2, 0.25) is 0 Å². The zero-order valence-electron chi connectivity index (χ0n) is 25.7. The fourth-order valence-corrected chi connectivity index (χ4v) is 1.77. The maximum Gasteiger partial charge on any atom is 0.111 e. The maximum absolute atomic E-state index is 10.6. The van der Waals surface area contributed by atoms with Crippen LogP contribution in [-0.4, -0.2) is 103 Å². The van der Waals surface area contributed by atoms with Crippen molar-refractivity contribution in [3.8, 4) is 0 Å². The second-order valence-corrected chi connectivity index (χ2v) is 4.34. The molecule has 0 aliphatic carbocycles. The molecular weight excluding hydrogens is 312 g/mol. The summed E-state index contributed by atoms with van der Waals surface area (Å²) in [6, 6.07) is 0. The molecule has 0 aromatic heterocycles. The topological polar surface area (TPSA) is 160 Å². The van der Waals surface area contributed by atoms with Crippen LogP contribution in [0.15, 0.2) is 0 Å². The van der Waals surface area contributed by atoms with Gasteiger partial charge in [0, 0.05) is 9.16 Å². The molecule has 0 saturated carbocycles. The highest BCUT2D eigenvalue weighted by molar-refractivity contribution is 4.97. The van der Waals surface area contributed by atoms with Crippen molar-refractivity contribution >= 4 is 0 Å². The highest BCUT2D eigenvalue weighted by Gasteiger charge is 2.48. The standard InChI is InChI=1S/C14H26O9/c1-2-5-9(16)13(20)10(17)6(22-5)3-7-11(18)14(21)12(19)8(4-15)23-7/h5-21H,2-4H2,1H3/t5?,6-,7-,8?,9+,10?,11?,12+,13-,14?/m0/s1/i2D2,4D2,5D,6D,7D,8D,9D,10D,11D,12D,13D,14D. The first-order valence-electron chi connectivity index (χ1n) is 13.1. The van der Waals surface area contributed by atoms with Crippen LogP contribution in [0.25, 0.3) is 0 Å². The highest BCUT2D eigenvalue weighted by Crippen LogP contribution is 2.30. The van der Waals surface area contributed by atoms with Gasteiger partial charge in [0.05, 0.1) is 41.2 Å². The minimum atomic E-state index is -4.62. The van der Waals surface area contributed by atoms with E-state index >= 15 is 0 Å². The quantitative estimate of drug-likeness (QED) is 0.272. The van der Waals surface area contributed by atoms with Crippen molar-refractivity contribution in [3.63, 3.8) is 0 Å². The Hall–Kier alpha value is -0.360. The average molecular weight is 352 g/mol. The van der Waals surface area contributed by atoms with E-state index in [1.807, 2.05) is 0 Å². The minimum absolute atomic E-state index is 0.427. The number of hydrogen-bond acceptors (Lipinski definition) is 9. The average Bonchev–Trinajstić information content (AvgIpc) is 2.62. The molecule has 2 aliphatic rings. The lowest BCUT2D eigenvalue weighted by Crippen LogP contribution is -2.62. The molecule has 0 spiro atoms. The Balaban J connectivity index is 2.89. The molecule has 2 aliphatic heterocycles. The molecule has 9 heteroatoms. The summed E-state index contributed by atoms with van der Waals surface area (Å²) in [5.74, 6) is 0. The SMILES string of the molecule is [2H]C([2H])(C)C1([2H])O[C@@]([2H])(C[C@]2([2H])OC([2H])(C([2H])([2H])O)[C@@]([2H])(O)C([2H])(O)C2([2H])O)C([2H])(O)[C@@]([2H])(O)[C@]1([2H])O. The Morgan fingerprint density at radius 1 is 0.739 bits per heavy atom. The zero-order chi connectivity index (χ0) is 30.1. The first-order valence-corrected chi connectivity index (χ1v) is 6.09. The van der Waals surface area contributed by atoms with Crippen molar-refractivity contribution in [2.75, 3.05) is 6.56 Å². The molecule has 2 saturated heterocycles. The van der Waals surface area contributed by atoms with Crippen LogP contribution < -0.4 is 0 Å². The summed E-state index contributed by atoms with van der Waals surface area (Å²) in [6.45, 7) is -3.89. The van der Waals surface area contributed by atoms with Crippen molar-refractivity contribution in [2.24, 2.45) is 0 Å². The van der Waals surface area contributed by atoms with E-state index < -0.39 is 80.2 Å². The largest absolute Gasteiger partial charge is 0.394 e. The summed E-state index contributed by atoms with van der Waals surface area (Å²) >= 11 is 0. The van der Waals surface area contributed by atoms with E-state index in [0.717, 1.165) is 0 Å². The Morgan fingerprint density at radius 2 is 1.13 bits per heavy atom. The Labute approximate surface area is 153 Å². The summed E-state index contributed by atoms with van der Waals surface area (Å²) in [6.07, 6.45) is -49.5. The molecule has 136 valence electrons. The molecule has 23 heavy (non-hydrogen) atoms. The van der Waals surface area contributed by atoms with Crippen molar-refractivity contribution in [1.82, 2.24) is 0 Å². The third-order valence-electron chi connectivity index (χ3n) is 2.96. The van der Waals surface area contributed by atoms with Crippen LogP contribution in [0.1, 0.15) is 38.9 Å². The van der Waals surface area contributed by atoms with Crippen LogP contribution in [0, 0.1) is 0 Å². The number of ether oxygens (including phenoxy) is 2. The van der Waals surface area contributed by atoms with E-state index in [-0.39, 0.29) is 0 Å². The van der Waals surface area contributed by atoms with Gasteiger partial charge in [-0.25, -0.2) is 0 Å². The molecule has 2 rings (SSSR count). The second-order valence-electron chi connectivity index (χ2n) is 4.34. The number of hydrogen-bond donors (Lipinski definition) is 7. The minimum Gasteiger partial charge on any atom is -0.394 e. The summed E-state index contributed by atoms with van der Waals surface area (Å²) < 4.78 is 119. The Bertz CT molecular complexity index is 875. The van der Waals surface area contributed by atoms with Crippen LogP contribution in [0.2, 0.25) is 0 Å². The van der Waals surface area contributed by atoms with E-state index in [1.165, 1.54) is 0 Å². The smallest absolute Gasteiger partial charge is 0.111 e. The summed E-state index contributed by atoms with van der Waals surface area (Å²) in [5, 5.41) is 72.2. The molecule has 2 fully saturated rings. The van der Waals surface area contributed by atoms with Gasteiger partial charge in [0.1, 0.15) is 42.6 Å². The Morgan fingerprint density at radius 3 is 1.57 bits per heavy atom. The predicted octanol–water partition coefficient (Wildman–Crippen LogP) is -3.52. The lowest BCUT2D eigenvalue weighted by atomic mass is 9.87. The van der Waals surface area contributed by atoms with E-state index in [0.29, 0.717) is 6.92 Å². The van der Waals surface area contributed by atoms with Gasteiger partial charge in [0.15, 0.2) is 0 Å². The van der Waals surface area contributed by atoms with Crippen LogP contribution in [-0.2, 0) is 9.47 Å². The van der Waals surface area contributed by atoms with Gasteiger partial charge in [-0.15, -0.1) is 0 Å². The molecule has 0 aromatic rings. The van der Waals surface area contributed by atoms with Crippen LogP contribution >= 0.6 is 0 Å². The lowest BCUT2D eigenvalue weighted by molar-refractivity contribution is -0.259. The third kappa shape index (κ3) is 3.68. The Kier molecular flexibility index (Phi) is 2.50. The highest BCUT2D eigenvalue weighted by atomic mass is 16.6. The molecule has 5 unspecified atom stereocenters. The monoisotopic (exact) mass is 352 g/mol. The molecule has 0 bridgehead atoms. The van der Waals surface area contributed by atoms with Gasteiger partial charge in [0.25, 0.3) is 0 Å². The predicted molar refractivity (Wildman–Crippen MR) is 75.4 cm³/mol. The van der Waals surface area contributed by atoms with E-state index in [4.69, 9.17) is 19.2 Å². The van der Waals surface area contributed by atoms with Gasteiger partial charge < -0.3 is 45.2 Å². The van der Waals surface area contributed by atoms with Crippen LogP contribution in [0.5, 0.6) is 0 Å².